The number of likely N-dealkylation sites (tertiary alicyclic amines) is 1. The third-order valence-corrected chi connectivity index (χ3v) is 5.68. The van der Waals surface area contributed by atoms with Crippen molar-refractivity contribution in [2.75, 3.05) is 19.6 Å². The predicted octanol–water partition coefficient (Wildman–Crippen LogP) is 3.78. The summed E-state index contributed by atoms with van der Waals surface area (Å²) in [5.41, 5.74) is 6.25. The van der Waals surface area contributed by atoms with Crippen LogP contribution in [-0.2, 0) is 5.41 Å². The molecule has 1 aliphatic heterocycles. The van der Waals surface area contributed by atoms with Crippen LogP contribution in [0.25, 0.3) is 0 Å². The highest BCUT2D eigenvalue weighted by Gasteiger charge is 2.35. The van der Waals surface area contributed by atoms with E-state index >= 15 is 0 Å². The van der Waals surface area contributed by atoms with Gasteiger partial charge in [0.1, 0.15) is 0 Å². The van der Waals surface area contributed by atoms with Crippen molar-refractivity contribution in [3.05, 3.63) is 21.9 Å². The van der Waals surface area contributed by atoms with Gasteiger partial charge in [0.05, 0.1) is 0 Å². The molecule has 1 aliphatic rings. The van der Waals surface area contributed by atoms with E-state index in [2.05, 4.69) is 44.7 Å². The standard InChI is InChI=1S/C16H28N2S/c1-5-9-18-10-8-12(11-17)15(18)13-6-7-14(19-13)16(2,3)4/h6-7,12,15H,5,8-11,17H2,1-4H3. The Labute approximate surface area is 122 Å². The lowest BCUT2D eigenvalue weighted by atomic mass is 9.94. The summed E-state index contributed by atoms with van der Waals surface area (Å²) in [5, 5.41) is 0. The quantitative estimate of drug-likeness (QED) is 0.909. The first-order chi connectivity index (χ1) is 8.97. The zero-order valence-corrected chi connectivity index (χ0v) is 13.6. The van der Waals surface area contributed by atoms with Crippen molar-refractivity contribution in [2.24, 2.45) is 11.7 Å². The van der Waals surface area contributed by atoms with E-state index in [9.17, 15) is 0 Å². The maximum atomic E-state index is 5.99. The van der Waals surface area contributed by atoms with Gasteiger partial charge in [-0.2, -0.15) is 0 Å². The number of hydrogen-bond acceptors (Lipinski definition) is 3. The zero-order chi connectivity index (χ0) is 14.0. The number of nitrogens with zero attached hydrogens (tertiary/aromatic N) is 1. The molecule has 0 aliphatic carbocycles. The Hall–Kier alpha value is -0.380. The Kier molecular flexibility index (Phi) is 4.70. The molecular formula is C16H28N2S. The summed E-state index contributed by atoms with van der Waals surface area (Å²) in [4.78, 5) is 5.64. The van der Waals surface area contributed by atoms with E-state index in [4.69, 9.17) is 5.73 Å². The smallest absolute Gasteiger partial charge is 0.0482 e. The normalized spacial score (nSPS) is 25.1. The molecule has 2 N–H and O–H groups in total. The lowest BCUT2D eigenvalue weighted by Gasteiger charge is -2.26. The molecule has 2 nitrogen and oxygen atoms in total. The molecule has 2 unspecified atom stereocenters. The van der Waals surface area contributed by atoms with Gasteiger partial charge in [-0.3, -0.25) is 4.90 Å². The maximum absolute atomic E-state index is 5.99. The van der Waals surface area contributed by atoms with Crippen LogP contribution < -0.4 is 5.73 Å². The minimum absolute atomic E-state index is 0.259. The number of thiophene rings is 1. The lowest BCUT2D eigenvalue weighted by Crippen LogP contribution is -2.28. The van der Waals surface area contributed by atoms with Crippen LogP contribution in [0.1, 0.15) is 56.3 Å². The van der Waals surface area contributed by atoms with Crippen LogP contribution >= 0.6 is 11.3 Å². The third kappa shape index (κ3) is 3.21. The highest BCUT2D eigenvalue weighted by Crippen LogP contribution is 2.41. The summed E-state index contributed by atoms with van der Waals surface area (Å²) < 4.78 is 0. The minimum Gasteiger partial charge on any atom is -0.330 e. The average Bonchev–Trinajstić information content (AvgIpc) is 2.93. The van der Waals surface area contributed by atoms with Gasteiger partial charge in [0.25, 0.3) is 0 Å². The fourth-order valence-electron chi connectivity index (χ4n) is 3.04. The van der Waals surface area contributed by atoms with Crippen LogP contribution in [0.2, 0.25) is 0 Å². The molecule has 0 aromatic carbocycles. The van der Waals surface area contributed by atoms with Crippen molar-refractivity contribution in [3.8, 4) is 0 Å². The van der Waals surface area contributed by atoms with Crippen LogP contribution in [0.4, 0.5) is 0 Å². The molecule has 108 valence electrons. The van der Waals surface area contributed by atoms with Crippen molar-refractivity contribution < 1.29 is 0 Å². The summed E-state index contributed by atoms with van der Waals surface area (Å²) in [6.45, 7) is 12.4. The second-order valence-electron chi connectivity index (χ2n) is 6.72. The van der Waals surface area contributed by atoms with Crippen LogP contribution in [0.3, 0.4) is 0 Å². The molecule has 3 heteroatoms. The van der Waals surface area contributed by atoms with Gasteiger partial charge >= 0.3 is 0 Å². The second kappa shape index (κ2) is 5.94. The monoisotopic (exact) mass is 280 g/mol. The summed E-state index contributed by atoms with van der Waals surface area (Å²) >= 11 is 1.99. The van der Waals surface area contributed by atoms with Gasteiger partial charge in [0.2, 0.25) is 0 Å². The van der Waals surface area contributed by atoms with Crippen LogP contribution in [0.15, 0.2) is 12.1 Å². The van der Waals surface area contributed by atoms with Gasteiger partial charge in [-0.05, 0) is 55.9 Å². The third-order valence-electron chi connectivity index (χ3n) is 4.10. The molecule has 1 fully saturated rings. The molecule has 1 aromatic heterocycles. The number of nitrogens with two attached hydrogens (primary N) is 1. The van der Waals surface area contributed by atoms with Crippen molar-refractivity contribution in [2.45, 2.75) is 52.0 Å². The van der Waals surface area contributed by atoms with Gasteiger partial charge in [-0.1, -0.05) is 27.7 Å². The molecule has 0 saturated carbocycles. The molecule has 0 spiro atoms. The fourth-order valence-corrected chi connectivity index (χ4v) is 4.33. The number of hydrogen-bond donors (Lipinski definition) is 1. The van der Waals surface area contributed by atoms with Gasteiger partial charge < -0.3 is 5.73 Å². The Balaban J connectivity index is 2.23. The van der Waals surface area contributed by atoms with Crippen LogP contribution in [0.5, 0.6) is 0 Å². The Bertz CT molecular complexity index is 405. The van der Waals surface area contributed by atoms with E-state index in [-0.39, 0.29) is 5.41 Å². The van der Waals surface area contributed by atoms with Crippen LogP contribution in [-0.4, -0.2) is 24.5 Å². The Morgan fingerprint density at radius 2 is 2.11 bits per heavy atom. The van der Waals surface area contributed by atoms with Gasteiger partial charge in [0.15, 0.2) is 0 Å². The van der Waals surface area contributed by atoms with Crippen LogP contribution in [0, 0.1) is 5.92 Å². The van der Waals surface area contributed by atoms with E-state index in [0.717, 1.165) is 6.54 Å². The van der Waals surface area contributed by atoms with E-state index in [1.807, 2.05) is 11.3 Å². The van der Waals surface area contributed by atoms with Gasteiger partial charge in [-0.25, -0.2) is 0 Å². The molecule has 0 amide bonds. The first-order valence-electron chi connectivity index (χ1n) is 7.51. The highest BCUT2D eigenvalue weighted by atomic mass is 32.1. The lowest BCUT2D eigenvalue weighted by molar-refractivity contribution is 0.234. The molecule has 2 rings (SSSR count). The summed E-state index contributed by atoms with van der Waals surface area (Å²) in [7, 11) is 0. The van der Waals surface area contributed by atoms with E-state index in [0.29, 0.717) is 12.0 Å². The topological polar surface area (TPSA) is 29.3 Å². The van der Waals surface area contributed by atoms with E-state index < -0.39 is 0 Å². The molecule has 1 aromatic rings. The van der Waals surface area contributed by atoms with Crippen molar-refractivity contribution in [1.82, 2.24) is 4.90 Å². The molecule has 2 atom stereocenters. The van der Waals surface area contributed by atoms with Crippen molar-refractivity contribution >= 4 is 11.3 Å². The molecular weight excluding hydrogens is 252 g/mol. The Morgan fingerprint density at radius 3 is 2.63 bits per heavy atom. The second-order valence-corrected chi connectivity index (χ2v) is 7.83. The maximum Gasteiger partial charge on any atom is 0.0482 e. The average molecular weight is 280 g/mol. The van der Waals surface area contributed by atoms with E-state index in [1.54, 1.807) is 0 Å². The largest absolute Gasteiger partial charge is 0.330 e. The SMILES string of the molecule is CCCN1CCC(CN)C1c1ccc(C(C)(C)C)s1. The minimum atomic E-state index is 0.259. The molecule has 19 heavy (non-hydrogen) atoms. The molecule has 1 saturated heterocycles. The molecule has 0 radical (unpaired) electrons. The van der Waals surface area contributed by atoms with Crippen molar-refractivity contribution in [1.29, 1.82) is 0 Å². The molecule has 0 bridgehead atoms. The Morgan fingerprint density at radius 1 is 1.37 bits per heavy atom. The van der Waals surface area contributed by atoms with Gasteiger partial charge in [0, 0.05) is 15.8 Å². The summed E-state index contributed by atoms with van der Waals surface area (Å²) in [5.74, 6) is 0.637. The first kappa shape index (κ1) is 15.0. The van der Waals surface area contributed by atoms with Gasteiger partial charge in [-0.15, -0.1) is 11.3 Å². The highest BCUT2D eigenvalue weighted by molar-refractivity contribution is 7.12. The zero-order valence-electron chi connectivity index (χ0n) is 12.8. The number of rotatable bonds is 4. The molecule has 2 heterocycles. The fraction of sp³-hybridized carbons (Fsp3) is 0.750. The predicted molar refractivity (Wildman–Crippen MR) is 84.8 cm³/mol. The van der Waals surface area contributed by atoms with Crippen molar-refractivity contribution in [3.63, 3.8) is 0 Å². The summed E-state index contributed by atoms with van der Waals surface area (Å²) in [6.07, 6.45) is 2.48. The van der Waals surface area contributed by atoms with E-state index in [1.165, 1.54) is 35.7 Å². The first-order valence-corrected chi connectivity index (χ1v) is 8.33. The summed E-state index contributed by atoms with van der Waals surface area (Å²) in [6, 6.07) is 5.22.